The molecule has 4 rings (SSSR count). The van der Waals surface area contributed by atoms with Crippen LogP contribution in [0.25, 0.3) is 11.4 Å². The van der Waals surface area contributed by atoms with Crippen molar-refractivity contribution in [3.8, 4) is 11.4 Å². The molecule has 6 nitrogen and oxygen atoms in total. The number of hydrogen-bond acceptors (Lipinski definition) is 6. The van der Waals surface area contributed by atoms with Gasteiger partial charge < -0.3 is 9.30 Å². The molecule has 1 unspecified atom stereocenters. The fourth-order valence-electron chi connectivity index (χ4n) is 3.30. The van der Waals surface area contributed by atoms with Crippen molar-refractivity contribution in [3.63, 3.8) is 0 Å². The van der Waals surface area contributed by atoms with E-state index in [9.17, 15) is 4.39 Å². The standard InChI is InChI=1S/C21H24FN5OS/c1-16(18-3-2-8-23-15-18)29-21-25-24-20(17-4-6-19(22)7-5-17)27(21)10-9-26-11-13-28-14-12-26/h2-8,15-16H,9-14H2,1H3. The minimum Gasteiger partial charge on any atom is -0.379 e. The molecule has 0 spiro atoms. The molecule has 1 aliphatic heterocycles. The van der Waals surface area contributed by atoms with Crippen LogP contribution in [-0.2, 0) is 11.3 Å². The Kier molecular flexibility index (Phi) is 6.53. The summed E-state index contributed by atoms with van der Waals surface area (Å²) in [5.74, 6) is 0.507. The first-order valence-corrected chi connectivity index (χ1v) is 10.6. The predicted octanol–water partition coefficient (Wildman–Crippen LogP) is 3.66. The summed E-state index contributed by atoms with van der Waals surface area (Å²) < 4.78 is 21.0. The molecule has 0 amide bonds. The maximum atomic E-state index is 13.4. The maximum Gasteiger partial charge on any atom is 0.192 e. The van der Waals surface area contributed by atoms with Crippen molar-refractivity contribution in [2.45, 2.75) is 23.9 Å². The van der Waals surface area contributed by atoms with Gasteiger partial charge in [0.1, 0.15) is 5.82 Å². The van der Waals surface area contributed by atoms with Crippen molar-refractivity contribution in [3.05, 3.63) is 60.2 Å². The highest BCUT2D eigenvalue weighted by atomic mass is 32.2. The van der Waals surface area contributed by atoms with Gasteiger partial charge in [0.2, 0.25) is 0 Å². The monoisotopic (exact) mass is 413 g/mol. The Hall–Kier alpha value is -2.29. The highest BCUT2D eigenvalue weighted by Crippen LogP contribution is 2.35. The van der Waals surface area contributed by atoms with E-state index >= 15 is 0 Å². The van der Waals surface area contributed by atoms with Crippen LogP contribution < -0.4 is 0 Å². The summed E-state index contributed by atoms with van der Waals surface area (Å²) in [6.45, 7) is 7.21. The van der Waals surface area contributed by atoms with Gasteiger partial charge in [0.05, 0.1) is 13.2 Å². The first kappa shape index (κ1) is 20.0. The molecule has 3 aromatic rings. The Morgan fingerprint density at radius 3 is 2.62 bits per heavy atom. The summed E-state index contributed by atoms with van der Waals surface area (Å²) in [6.07, 6.45) is 3.66. The van der Waals surface area contributed by atoms with Gasteiger partial charge in [0, 0.05) is 49.4 Å². The summed E-state index contributed by atoms with van der Waals surface area (Å²) in [4.78, 5) is 6.60. The minimum atomic E-state index is -0.257. The normalized spacial score (nSPS) is 16.1. The maximum absolute atomic E-state index is 13.4. The van der Waals surface area contributed by atoms with Crippen molar-refractivity contribution < 1.29 is 9.13 Å². The molecular weight excluding hydrogens is 389 g/mol. The van der Waals surface area contributed by atoms with Gasteiger partial charge in [-0.05, 0) is 42.8 Å². The summed E-state index contributed by atoms with van der Waals surface area (Å²) in [6, 6.07) is 10.4. The molecule has 1 aliphatic rings. The molecular formula is C21H24FN5OS. The zero-order valence-electron chi connectivity index (χ0n) is 16.4. The summed E-state index contributed by atoms with van der Waals surface area (Å²) in [7, 11) is 0. The third kappa shape index (κ3) is 5.01. The SMILES string of the molecule is CC(Sc1nnc(-c2ccc(F)cc2)n1CCN1CCOCC1)c1cccnc1. The second kappa shape index (κ2) is 9.47. The quantitative estimate of drug-likeness (QED) is 0.551. The molecule has 1 aromatic carbocycles. The fourth-order valence-corrected chi connectivity index (χ4v) is 4.28. The average Bonchev–Trinajstić information content (AvgIpc) is 3.16. The van der Waals surface area contributed by atoms with Crippen LogP contribution in [0.4, 0.5) is 4.39 Å². The van der Waals surface area contributed by atoms with E-state index in [-0.39, 0.29) is 11.1 Å². The van der Waals surface area contributed by atoms with E-state index in [0.29, 0.717) is 0 Å². The van der Waals surface area contributed by atoms with Crippen LogP contribution in [0.5, 0.6) is 0 Å². The third-order valence-corrected chi connectivity index (χ3v) is 6.14. The first-order chi connectivity index (χ1) is 14.2. The van der Waals surface area contributed by atoms with E-state index in [2.05, 4.69) is 37.6 Å². The molecule has 0 bridgehead atoms. The number of rotatable bonds is 7. The van der Waals surface area contributed by atoms with Crippen molar-refractivity contribution in [1.82, 2.24) is 24.6 Å². The largest absolute Gasteiger partial charge is 0.379 e. The lowest BCUT2D eigenvalue weighted by Gasteiger charge is -2.27. The molecule has 0 saturated carbocycles. The molecule has 1 fully saturated rings. The highest BCUT2D eigenvalue weighted by molar-refractivity contribution is 7.99. The van der Waals surface area contributed by atoms with Crippen LogP contribution in [0.3, 0.4) is 0 Å². The van der Waals surface area contributed by atoms with E-state index in [1.165, 1.54) is 12.1 Å². The molecule has 8 heteroatoms. The topological polar surface area (TPSA) is 56.1 Å². The summed E-state index contributed by atoms with van der Waals surface area (Å²) in [5.41, 5.74) is 2.00. The van der Waals surface area contributed by atoms with Crippen LogP contribution in [0.1, 0.15) is 17.7 Å². The van der Waals surface area contributed by atoms with Crippen LogP contribution >= 0.6 is 11.8 Å². The minimum absolute atomic E-state index is 0.191. The van der Waals surface area contributed by atoms with Crippen molar-refractivity contribution in [2.75, 3.05) is 32.8 Å². The number of aromatic nitrogens is 4. The second-order valence-corrected chi connectivity index (χ2v) is 8.27. The van der Waals surface area contributed by atoms with E-state index in [0.717, 1.165) is 61.5 Å². The number of halogens is 1. The summed E-state index contributed by atoms with van der Waals surface area (Å²) >= 11 is 1.66. The van der Waals surface area contributed by atoms with E-state index in [4.69, 9.17) is 4.74 Å². The lowest BCUT2D eigenvalue weighted by atomic mass is 10.2. The smallest absolute Gasteiger partial charge is 0.192 e. The van der Waals surface area contributed by atoms with Gasteiger partial charge in [-0.25, -0.2) is 4.39 Å². The van der Waals surface area contributed by atoms with Crippen molar-refractivity contribution >= 4 is 11.8 Å². The fraction of sp³-hybridized carbons (Fsp3) is 0.381. The van der Waals surface area contributed by atoms with Crippen LogP contribution in [0.2, 0.25) is 0 Å². The molecule has 0 N–H and O–H groups in total. The lowest BCUT2D eigenvalue weighted by Crippen LogP contribution is -2.38. The third-order valence-electron chi connectivity index (χ3n) is 5.00. The number of ether oxygens (including phenoxy) is 1. The van der Waals surface area contributed by atoms with Gasteiger partial charge in [-0.1, -0.05) is 17.8 Å². The number of nitrogens with zero attached hydrogens (tertiary/aromatic N) is 5. The van der Waals surface area contributed by atoms with E-state index < -0.39 is 0 Å². The Balaban J connectivity index is 1.58. The van der Waals surface area contributed by atoms with Gasteiger partial charge in [0.25, 0.3) is 0 Å². The van der Waals surface area contributed by atoms with Crippen LogP contribution in [-0.4, -0.2) is 57.5 Å². The van der Waals surface area contributed by atoms with E-state index in [1.54, 1.807) is 30.1 Å². The highest BCUT2D eigenvalue weighted by Gasteiger charge is 2.19. The van der Waals surface area contributed by atoms with Gasteiger partial charge >= 0.3 is 0 Å². The zero-order valence-corrected chi connectivity index (χ0v) is 17.2. The molecule has 0 radical (unpaired) electrons. The Morgan fingerprint density at radius 1 is 1.10 bits per heavy atom. The molecule has 0 aliphatic carbocycles. The molecule has 3 heterocycles. The zero-order chi connectivity index (χ0) is 20.1. The van der Waals surface area contributed by atoms with Crippen molar-refractivity contribution in [1.29, 1.82) is 0 Å². The predicted molar refractivity (Wildman–Crippen MR) is 111 cm³/mol. The molecule has 152 valence electrons. The number of thioether (sulfide) groups is 1. The second-order valence-electron chi connectivity index (χ2n) is 6.97. The average molecular weight is 414 g/mol. The van der Waals surface area contributed by atoms with Crippen LogP contribution in [0, 0.1) is 5.82 Å². The summed E-state index contributed by atoms with van der Waals surface area (Å²) in [5, 5.41) is 9.95. The van der Waals surface area contributed by atoms with Crippen LogP contribution in [0.15, 0.2) is 53.9 Å². The number of hydrogen-bond donors (Lipinski definition) is 0. The number of morpholine rings is 1. The van der Waals surface area contributed by atoms with E-state index in [1.807, 2.05) is 12.3 Å². The Labute approximate surface area is 174 Å². The molecule has 2 aromatic heterocycles. The molecule has 1 atom stereocenters. The van der Waals surface area contributed by atoms with Gasteiger partial charge in [-0.2, -0.15) is 0 Å². The number of pyridine rings is 1. The Morgan fingerprint density at radius 2 is 1.90 bits per heavy atom. The lowest BCUT2D eigenvalue weighted by molar-refractivity contribution is 0.0361. The van der Waals surface area contributed by atoms with Gasteiger partial charge in [0.15, 0.2) is 11.0 Å². The number of benzene rings is 1. The van der Waals surface area contributed by atoms with Crippen molar-refractivity contribution in [2.24, 2.45) is 0 Å². The molecule has 1 saturated heterocycles. The molecule has 29 heavy (non-hydrogen) atoms. The first-order valence-electron chi connectivity index (χ1n) is 9.76. The van der Waals surface area contributed by atoms with Gasteiger partial charge in [-0.3, -0.25) is 9.88 Å². The van der Waals surface area contributed by atoms with Gasteiger partial charge in [-0.15, -0.1) is 10.2 Å². The Bertz CT molecular complexity index is 913.